The summed E-state index contributed by atoms with van der Waals surface area (Å²) in [6.07, 6.45) is 4.27. The van der Waals surface area contributed by atoms with Gasteiger partial charge in [-0.25, -0.2) is 4.98 Å². The van der Waals surface area contributed by atoms with Crippen LogP contribution in [-0.4, -0.2) is 44.2 Å². The van der Waals surface area contributed by atoms with Crippen LogP contribution in [0.3, 0.4) is 0 Å². The Kier molecular flexibility index (Phi) is 3.87. The number of rotatable bonds is 4. The Morgan fingerprint density at radius 3 is 2.75 bits per heavy atom. The fraction of sp³-hybridized carbons (Fsp3) is 0.600. The molecule has 1 aliphatic heterocycles. The summed E-state index contributed by atoms with van der Waals surface area (Å²) < 4.78 is 0. The highest BCUT2D eigenvalue weighted by atomic mass is 16.2. The molecule has 1 aromatic rings. The maximum absolute atomic E-state index is 12.1. The van der Waals surface area contributed by atoms with Gasteiger partial charge in [0.2, 0.25) is 0 Å². The Bertz CT molecular complexity index is 452. The highest BCUT2D eigenvalue weighted by molar-refractivity contribution is 5.80. The average Bonchev–Trinajstić information content (AvgIpc) is 3.31. The van der Waals surface area contributed by atoms with Crippen LogP contribution >= 0.6 is 0 Å². The normalized spacial score (nSPS) is 21.6. The highest BCUT2D eigenvalue weighted by Crippen LogP contribution is 2.18. The summed E-state index contributed by atoms with van der Waals surface area (Å²) in [5.41, 5.74) is 0. The van der Waals surface area contributed by atoms with E-state index in [4.69, 9.17) is 0 Å². The van der Waals surface area contributed by atoms with E-state index in [1.165, 1.54) is 10.7 Å². The second-order valence-corrected chi connectivity index (χ2v) is 5.90. The average molecular weight is 276 g/mol. The predicted octanol–water partition coefficient (Wildman–Crippen LogP) is -1.13. The van der Waals surface area contributed by atoms with Gasteiger partial charge in [-0.1, -0.05) is 6.07 Å². The molecule has 1 aliphatic carbocycles. The van der Waals surface area contributed by atoms with Crippen LogP contribution in [0.25, 0.3) is 0 Å². The number of carbonyl (C=O) groups excluding carboxylic acids is 1. The molecule has 0 spiro atoms. The topological polar surface area (TPSA) is 50.9 Å². The minimum atomic E-state index is 0.0671. The first-order valence-electron chi connectivity index (χ1n) is 7.60. The Labute approximate surface area is 120 Å². The molecule has 0 radical (unpaired) electrons. The molecule has 1 saturated carbocycles. The van der Waals surface area contributed by atoms with Gasteiger partial charge in [-0.15, -0.1) is 0 Å². The van der Waals surface area contributed by atoms with E-state index in [0.29, 0.717) is 6.04 Å². The fourth-order valence-electron chi connectivity index (χ4n) is 2.79. The van der Waals surface area contributed by atoms with Crippen molar-refractivity contribution in [2.24, 2.45) is 0 Å². The number of anilines is 1. The molecule has 5 nitrogen and oxygen atoms in total. The molecule has 3 N–H and O–H groups in total. The third-order valence-corrected chi connectivity index (χ3v) is 4.37. The highest BCUT2D eigenvalue weighted by Gasteiger charge is 2.34. The quantitative estimate of drug-likeness (QED) is 0.731. The number of pyridine rings is 1. The van der Waals surface area contributed by atoms with Crippen LogP contribution in [0.5, 0.6) is 0 Å². The Morgan fingerprint density at radius 1 is 1.40 bits per heavy atom. The summed E-state index contributed by atoms with van der Waals surface area (Å²) >= 11 is 0. The summed E-state index contributed by atoms with van der Waals surface area (Å²) in [7, 11) is 0. The van der Waals surface area contributed by atoms with Crippen LogP contribution in [0.1, 0.15) is 19.8 Å². The van der Waals surface area contributed by atoms with Gasteiger partial charge in [0.25, 0.3) is 11.7 Å². The van der Waals surface area contributed by atoms with Crippen molar-refractivity contribution in [3.8, 4) is 0 Å². The number of quaternary nitrogens is 1. The third-order valence-electron chi connectivity index (χ3n) is 4.37. The van der Waals surface area contributed by atoms with E-state index < -0.39 is 0 Å². The standard InChI is InChI=1S/C15H22N4O/c1-12(15(20)17-13-5-6-13)18-8-10-19(11-9-18)14-4-2-3-7-16-14/h2-4,7,12-13H,5-6,8-11H2,1H3,(H,17,20)/p+2/t12-/m1/s1. The molecule has 2 aliphatic rings. The lowest BCUT2D eigenvalue weighted by Crippen LogP contribution is -3.19. The maximum atomic E-state index is 12.1. The molecule has 108 valence electrons. The van der Waals surface area contributed by atoms with Crippen LogP contribution in [0.4, 0.5) is 5.82 Å². The number of amides is 1. The van der Waals surface area contributed by atoms with E-state index in [1.54, 1.807) is 0 Å². The van der Waals surface area contributed by atoms with Crippen LogP contribution in [-0.2, 0) is 4.79 Å². The monoisotopic (exact) mass is 276 g/mol. The van der Waals surface area contributed by atoms with Crippen LogP contribution in [0, 0.1) is 0 Å². The molecule has 0 bridgehead atoms. The molecule has 2 fully saturated rings. The Morgan fingerprint density at radius 2 is 2.15 bits per heavy atom. The first kappa shape index (κ1) is 13.4. The van der Waals surface area contributed by atoms with E-state index in [-0.39, 0.29) is 11.9 Å². The van der Waals surface area contributed by atoms with Gasteiger partial charge in [0, 0.05) is 12.1 Å². The number of aromatic amines is 1. The van der Waals surface area contributed by atoms with Crippen LogP contribution < -0.4 is 20.1 Å². The lowest BCUT2D eigenvalue weighted by Gasteiger charge is -2.31. The van der Waals surface area contributed by atoms with Crippen molar-refractivity contribution in [1.82, 2.24) is 5.32 Å². The molecule has 1 atom stereocenters. The zero-order valence-electron chi connectivity index (χ0n) is 12.1. The van der Waals surface area contributed by atoms with E-state index in [0.717, 1.165) is 39.0 Å². The lowest BCUT2D eigenvalue weighted by molar-refractivity contribution is -0.914. The number of piperazine rings is 1. The largest absolute Gasteiger partial charge is 0.348 e. The number of hydrogen-bond acceptors (Lipinski definition) is 2. The smallest absolute Gasteiger partial charge is 0.278 e. The molecule has 1 saturated heterocycles. The number of hydrogen-bond donors (Lipinski definition) is 2. The van der Waals surface area contributed by atoms with Crippen LogP contribution in [0.2, 0.25) is 0 Å². The molecule has 20 heavy (non-hydrogen) atoms. The molecular weight excluding hydrogens is 252 g/mol. The van der Waals surface area contributed by atoms with Gasteiger partial charge < -0.3 is 10.2 Å². The van der Waals surface area contributed by atoms with E-state index >= 15 is 0 Å². The van der Waals surface area contributed by atoms with Crippen molar-refractivity contribution in [2.75, 3.05) is 31.1 Å². The summed E-state index contributed by atoms with van der Waals surface area (Å²) in [6, 6.07) is 6.68. The SMILES string of the molecule is C[C@H](C(=O)NC1CC1)[NH+]1CCN(c2cccc[nH+]2)CC1. The van der Waals surface area contributed by atoms with E-state index in [9.17, 15) is 4.79 Å². The minimum absolute atomic E-state index is 0.0671. The van der Waals surface area contributed by atoms with E-state index in [2.05, 4.69) is 34.3 Å². The van der Waals surface area contributed by atoms with Crippen molar-refractivity contribution < 1.29 is 14.7 Å². The van der Waals surface area contributed by atoms with Gasteiger partial charge in [-0.05, 0) is 25.8 Å². The summed E-state index contributed by atoms with van der Waals surface area (Å²) in [6.45, 7) is 6.08. The zero-order chi connectivity index (χ0) is 13.9. The molecule has 0 unspecified atom stereocenters. The summed E-state index contributed by atoms with van der Waals surface area (Å²) in [5.74, 6) is 1.39. The van der Waals surface area contributed by atoms with Gasteiger partial charge in [0.1, 0.15) is 26.2 Å². The summed E-state index contributed by atoms with van der Waals surface area (Å²) in [5, 5.41) is 3.11. The van der Waals surface area contributed by atoms with Crippen molar-refractivity contribution in [2.45, 2.75) is 31.8 Å². The molecule has 1 amide bonds. The number of nitrogens with zero attached hydrogens (tertiary/aromatic N) is 1. The predicted molar refractivity (Wildman–Crippen MR) is 76.5 cm³/mol. The van der Waals surface area contributed by atoms with Gasteiger partial charge in [-0.2, -0.15) is 0 Å². The molecule has 3 rings (SSSR count). The third kappa shape index (κ3) is 3.10. The minimum Gasteiger partial charge on any atom is -0.348 e. The van der Waals surface area contributed by atoms with E-state index in [1.807, 2.05) is 12.3 Å². The maximum Gasteiger partial charge on any atom is 0.278 e. The van der Waals surface area contributed by atoms with Gasteiger partial charge in [-0.3, -0.25) is 9.69 Å². The molecule has 1 aromatic heterocycles. The first-order valence-corrected chi connectivity index (χ1v) is 7.60. The molecule has 5 heteroatoms. The van der Waals surface area contributed by atoms with Crippen molar-refractivity contribution in [3.05, 3.63) is 24.4 Å². The number of carbonyl (C=O) groups is 1. The zero-order valence-corrected chi connectivity index (χ0v) is 12.1. The Balaban J connectivity index is 1.51. The Hall–Kier alpha value is -1.62. The molecule has 2 heterocycles. The van der Waals surface area contributed by atoms with Crippen molar-refractivity contribution in [1.29, 1.82) is 0 Å². The number of H-pyrrole nitrogens is 1. The van der Waals surface area contributed by atoms with Crippen LogP contribution in [0.15, 0.2) is 24.4 Å². The second-order valence-electron chi connectivity index (χ2n) is 5.90. The first-order chi connectivity index (χ1) is 9.74. The van der Waals surface area contributed by atoms with Gasteiger partial charge in [0.15, 0.2) is 6.04 Å². The van der Waals surface area contributed by atoms with Crippen molar-refractivity contribution in [3.63, 3.8) is 0 Å². The fourth-order valence-corrected chi connectivity index (χ4v) is 2.79. The second kappa shape index (κ2) is 5.79. The lowest BCUT2D eigenvalue weighted by atomic mass is 10.2. The van der Waals surface area contributed by atoms with Crippen molar-refractivity contribution >= 4 is 11.7 Å². The number of aromatic nitrogens is 1. The molecular formula is C15H24N4O+2. The van der Waals surface area contributed by atoms with Gasteiger partial charge >= 0.3 is 0 Å². The van der Waals surface area contributed by atoms with Gasteiger partial charge in [0.05, 0.1) is 6.20 Å². The summed E-state index contributed by atoms with van der Waals surface area (Å²) in [4.78, 5) is 19.1. The molecule has 0 aromatic carbocycles. The number of nitrogens with one attached hydrogen (secondary N) is 3.